The van der Waals surface area contributed by atoms with E-state index in [0.29, 0.717) is 37.9 Å². The lowest BCUT2D eigenvalue weighted by Crippen LogP contribution is -2.41. The SMILES string of the molecule is CC.CCCC(C(=O)NC=O)n1c(=O)n(C)c2cc(C3CCN(C(=O)OC(C)(C)C)CC3)ccc21. The van der Waals surface area contributed by atoms with Crippen LogP contribution in [0.3, 0.4) is 0 Å². The lowest BCUT2D eigenvalue weighted by Gasteiger charge is -2.33. The van der Waals surface area contributed by atoms with Gasteiger partial charge in [-0.25, -0.2) is 9.59 Å². The summed E-state index contributed by atoms with van der Waals surface area (Å²) < 4.78 is 8.50. The smallest absolute Gasteiger partial charge is 0.410 e. The van der Waals surface area contributed by atoms with Gasteiger partial charge >= 0.3 is 11.8 Å². The molecule has 1 aromatic heterocycles. The van der Waals surface area contributed by atoms with Gasteiger partial charge in [-0.15, -0.1) is 0 Å². The van der Waals surface area contributed by atoms with Crippen molar-refractivity contribution in [1.82, 2.24) is 19.4 Å². The summed E-state index contributed by atoms with van der Waals surface area (Å²) in [5.41, 5.74) is 1.70. The van der Waals surface area contributed by atoms with Crippen LogP contribution in [0, 0.1) is 0 Å². The molecule has 0 radical (unpaired) electrons. The molecule has 1 fully saturated rings. The number of aryl methyl sites for hydroxylation is 1. The number of nitrogens with one attached hydrogen (secondary N) is 1. The first-order valence-corrected chi connectivity index (χ1v) is 12.5. The highest BCUT2D eigenvalue weighted by Gasteiger charge is 2.29. The molecule has 0 aliphatic carbocycles. The maximum absolute atomic E-state index is 13.0. The number of hydrogen-bond acceptors (Lipinski definition) is 5. The van der Waals surface area contributed by atoms with Crippen LogP contribution in [-0.2, 0) is 21.4 Å². The van der Waals surface area contributed by atoms with Crippen LogP contribution in [0.4, 0.5) is 4.79 Å². The second kappa shape index (κ2) is 12.0. The van der Waals surface area contributed by atoms with Crippen LogP contribution in [0.25, 0.3) is 11.0 Å². The number of hydrogen-bond donors (Lipinski definition) is 1. The van der Waals surface area contributed by atoms with Gasteiger partial charge in [0, 0.05) is 20.1 Å². The zero-order valence-corrected chi connectivity index (χ0v) is 22.1. The minimum Gasteiger partial charge on any atom is -0.444 e. The van der Waals surface area contributed by atoms with Gasteiger partial charge in [0.15, 0.2) is 0 Å². The minimum atomic E-state index is -0.751. The van der Waals surface area contributed by atoms with Crippen LogP contribution in [0.5, 0.6) is 0 Å². The highest BCUT2D eigenvalue weighted by atomic mass is 16.6. The molecule has 0 bridgehead atoms. The predicted octanol–water partition coefficient (Wildman–Crippen LogP) is 4.09. The van der Waals surface area contributed by atoms with Gasteiger partial charge in [-0.2, -0.15) is 0 Å². The number of ether oxygens (including phenoxy) is 1. The summed E-state index contributed by atoms with van der Waals surface area (Å²) in [6, 6.07) is 5.12. The molecule has 1 aliphatic heterocycles. The number of aromatic nitrogens is 2. The standard InChI is InChI=1S/C24H34N4O5.C2H6/c1-6-7-19(21(30)25-15-29)28-18-9-8-17(14-20(18)26(5)22(28)31)16-10-12-27(13-11-16)23(32)33-24(2,3)4;1-2/h8-9,14-16,19H,6-7,10-13H2,1-5H3,(H,25,29,30);1-2H3. The average Bonchev–Trinajstić information content (AvgIpc) is 3.07. The normalized spacial score (nSPS) is 15.2. The number of imidazole rings is 1. The molecule has 0 saturated carbocycles. The molecular formula is C26H40N4O5. The second-order valence-electron chi connectivity index (χ2n) is 9.63. The van der Waals surface area contributed by atoms with E-state index in [1.165, 1.54) is 4.57 Å². The van der Waals surface area contributed by atoms with Crippen LogP contribution in [0.2, 0.25) is 0 Å². The Morgan fingerprint density at radius 3 is 2.34 bits per heavy atom. The van der Waals surface area contributed by atoms with Gasteiger partial charge in [0.2, 0.25) is 12.3 Å². The fourth-order valence-electron chi connectivity index (χ4n) is 4.46. The van der Waals surface area contributed by atoms with Crippen molar-refractivity contribution in [2.75, 3.05) is 13.1 Å². The Kier molecular flexibility index (Phi) is 9.68. The molecule has 0 spiro atoms. The molecule has 9 nitrogen and oxygen atoms in total. The number of amides is 3. The molecule has 9 heteroatoms. The first-order valence-electron chi connectivity index (χ1n) is 12.5. The maximum Gasteiger partial charge on any atom is 0.410 e. The lowest BCUT2D eigenvalue weighted by molar-refractivity contribution is -0.128. The van der Waals surface area contributed by atoms with Gasteiger partial charge in [0.1, 0.15) is 11.6 Å². The largest absolute Gasteiger partial charge is 0.444 e. The zero-order chi connectivity index (χ0) is 26.3. The van der Waals surface area contributed by atoms with E-state index in [9.17, 15) is 19.2 Å². The molecule has 1 aromatic carbocycles. The molecule has 3 rings (SSSR count). The van der Waals surface area contributed by atoms with Crippen molar-refractivity contribution < 1.29 is 19.1 Å². The summed E-state index contributed by atoms with van der Waals surface area (Å²) in [6.45, 7) is 12.7. The second-order valence-corrected chi connectivity index (χ2v) is 9.63. The molecule has 2 heterocycles. The molecule has 3 amide bonds. The maximum atomic E-state index is 13.0. The van der Waals surface area contributed by atoms with Gasteiger partial charge in [-0.05, 0) is 63.6 Å². The van der Waals surface area contributed by atoms with Crippen LogP contribution in [-0.4, -0.2) is 51.1 Å². The molecule has 194 valence electrons. The summed E-state index contributed by atoms with van der Waals surface area (Å²) in [7, 11) is 1.69. The summed E-state index contributed by atoms with van der Waals surface area (Å²) in [6.07, 6.45) is 2.81. The molecule has 1 saturated heterocycles. The van der Waals surface area contributed by atoms with Crippen molar-refractivity contribution in [2.45, 2.75) is 84.8 Å². The number of benzene rings is 1. The first kappa shape index (κ1) is 28.1. The third kappa shape index (κ3) is 6.52. The molecular weight excluding hydrogens is 448 g/mol. The van der Waals surface area contributed by atoms with Gasteiger partial charge in [-0.1, -0.05) is 33.3 Å². The number of rotatable bonds is 6. The highest BCUT2D eigenvalue weighted by Crippen LogP contribution is 2.31. The summed E-state index contributed by atoms with van der Waals surface area (Å²) >= 11 is 0. The fraction of sp³-hybridized carbons (Fsp3) is 0.615. The Hall–Kier alpha value is -3.10. The molecule has 1 N–H and O–H groups in total. The van der Waals surface area contributed by atoms with E-state index in [1.54, 1.807) is 16.5 Å². The Bertz CT molecular complexity index is 1090. The van der Waals surface area contributed by atoms with Crippen LogP contribution in [0.1, 0.15) is 84.7 Å². The van der Waals surface area contributed by atoms with Gasteiger partial charge in [0.05, 0.1) is 11.0 Å². The summed E-state index contributed by atoms with van der Waals surface area (Å²) in [5, 5.41) is 2.19. The average molecular weight is 489 g/mol. The Balaban J connectivity index is 0.00000210. The monoisotopic (exact) mass is 488 g/mol. The van der Waals surface area contributed by atoms with E-state index >= 15 is 0 Å². The van der Waals surface area contributed by atoms with E-state index < -0.39 is 17.6 Å². The van der Waals surface area contributed by atoms with Crippen molar-refractivity contribution in [3.05, 3.63) is 34.2 Å². The van der Waals surface area contributed by atoms with Crippen molar-refractivity contribution in [3.63, 3.8) is 0 Å². The molecule has 1 atom stereocenters. The quantitative estimate of drug-likeness (QED) is 0.617. The Morgan fingerprint density at radius 2 is 1.80 bits per heavy atom. The molecule has 35 heavy (non-hydrogen) atoms. The predicted molar refractivity (Wildman–Crippen MR) is 136 cm³/mol. The molecule has 1 aliphatic rings. The van der Waals surface area contributed by atoms with E-state index in [0.717, 1.165) is 23.9 Å². The van der Waals surface area contributed by atoms with Crippen LogP contribution in [0.15, 0.2) is 23.0 Å². The van der Waals surface area contributed by atoms with Crippen molar-refractivity contribution in [3.8, 4) is 0 Å². The Morgan fingerprint density at radius 1 is 1.17 bits per heavy atom. The van der Waals surface area contributed by atoms with E-state index in [-0.39, 0.29) is 17.7 Å². The number of carbonyl (C=O) groups is 3. The summed E-state index contributed by atoms with van der Waals surface area (Å²) in [4.78, 5) is 50.4. The van der Waals surface area contributed by atoms with Crippen molar-refractivity contribution in [1.29, 1.82) is 0 Å². The number of piperidine rings is 1. The topological polar surface area (TPSA) is 103 Å². The number of imide groups is 1. The zero-order valence-electron chi connectivity index (χ0n) is 22.1. The summed E-state index contributed by atoms with van der Waals surface area (Å²) in [5.74, 6) is -0.226. The third-order valence-corrected chi connectivity index (χ3v) is 6.11. The van der Waals surface area contributed by atoms with E-state index in [2.05, 4.69) is 5.32 Å². The molecule has 1 unspecified atom stereocenters. The number of likely N-dealkylation sites (tertiary alicyclic amines) is 1. The van der Waals surface area contributed by atoms with Crippen LogP contribution >= 0.6 is 0 Å². The van der Waals surface area contributed by atoms with Gasteiger partial charge in [0.25, 0.3) is 0 Å². The van der Waals surface area contributed by atoms with Gasteiger partial charge in [-0.3, -0.25) is 24.0 Å². The number of carbonyl (C=O) groups excluding carboxylic acids is 3. The van der Waals surface area contributed by atoms with Crippen molar-refractivity contribution >= 4 is 29.4 Å². The fourth-order valence-corrected chi connectivity index (χ4v) is 4.46. The Labute approximate surface area is 207 Å². The van der Waals surface area contributed by atoms with Crippen molar-refractivity contribution in [2.24, 2.45) is 7.05 Å². The van der Waals surface area contributed by atoms with Gasteiger partial charge < -0.3 is 9.64 Å². The third-order valence-electron chi connectivity index (χ3n) is 6.11. The highest BCUT2D eigenvalue weighted by molar-refractivity contribution is 5.90. The number of nitrogens with zero attached hydrogens (tertiary/aromatic N) is 3. The molecule has 2 aromatic rings. The van der Waals surface area contributed by atoms with Crippen LogP contribution < -0.4 is 11.0 Å². The lowest BCUT2D eigenvalue weighted by atomic mass is 9.89. The minimum absolute atomic E-state index is 0.260. The number of fused-ring (bicyclic) bond motifs is 1. The van der Waals surface area contributed by atoms with E-state index in [4.69, 9.17) is 4.74 Å². The first-order chi connectivity index (χ1) is 16.6. The van der Waals surface area contributed by atoms with E-state index in [1.807, 2.05) is 59.7 Å².